The van der Waals surface area contributed by atoms with Gasteiger partial charge in [-0.3, -0.25) is 15.0 Å². The van der Waals surface area contributed by atoms with Crippen LogP contribution in [0.5, 0.6) is 0 Å². The van der Waals surface area contributed by atoms with Gasteiger partial charge in [0.2, 0.25) is 0 Å². The monoisotopic (exact) mass is 446 g/mol. The minimum absolute atomic E-state index is 0.212. The van der Waals surface area contributed by atoms with Crippen molar-refractivity contribution in [1.82, 2.24) is 19.6 Å². The first-order chi connectivity index (χ1) is 16.0. The van der Waals surface area contributed by atoms with Gasteiger partial charge in [0, 0.05) is 29.4 Å². The van der Waals surface area contributed by atoms with Gasteiger partial charge in [0.05, 0.1) is 37.2 Å². The maximum atomic E-state index is 13.3. The standard InChI is InChI=1S/C25H23FN4O3/c1-16-3-2-4-20(28-16)15-33-14-18-13-29(12-17-5-7-19(26)8-6-17)22-11-27-24-21(23(18)22)9-10-30(32)25(24)31/h2-8,11,13,32H,9-10,12,14-15H2,1H3. The van der Waals surface area contributed by atoms with Gasteiger partial charge < -0.3 is 9.30 Å². The summed E-state index contributed by atoms with van der Waals surface area (Å²) in [4.78, 5) is 21.3. The molecule has 0 fully saturated rings. The molecule has 0 unspecified atom stereocenters. The van der Waals surface area contributed by atoms with Crippen molar-refractivity contribution in [2.75, 3.05) is 6.54 Å². The van der Waals surface area contributed by atoms with E-state index in [0.29, 0.717) is 31.2 Å². The van der Waals surface area contributed by atoms with Crippen LogP contribution in [0.3, 0.4) is 0 Å². The molecule has 0 atom stereocenters. The zero-order valence-corrected chi connectivity index (χ0v) is 18.2. The summed E-state index contributed by atoms with van der Waals surface area (Å²) in [7, 11) is 0. The third-order valence-electron chi connectivity index (χ3n) is 5.83. The van der Waals surface area contributed by atoms with Crippen LogP contribution in [0.1, 0.15) is 38.6 Å². The molecule has 1 aliphatic heterocycles. The molecule has 1 N–H and O–H groups in total. The smallest absolute Gasteiger partial charge is 0.296 e. The molecule has 0 saturated carbocycles. The lowest BCUT2D eigenvalue weighted by atomic mass is 9.99. The summed E-state index contributed by atoms with van der Waals surface area (Å²) in [5.74, 6) is -0.780. The third-order valence-corrected chi connectivity index (χ3v) is 5.83. The lowest BCUT2D eigenvalue weighted by Crippen LogP contribution is -2.35. The van der Waals surface area contributed by atoms with E-state index < -0.39 is 5.91 Å². The van der Waals surface area contributed by atoms with Crippen LogP contribution in [0.2, 0.25) is 0 Å². The molecule has 4 aromatic rings. The normalized spacial score (nSPS) is 13.5. The number of amides is 1. The van der Waals surface area contributed by atoms with Crippen LogP contribution in [0.4, 0.5) is 4.39 Å². The maximum absolute atomic E-state index is 13.3. The van der Waals surface area contributed by atoms with Crippen LogP contribution in [0.25, 0.3) is 10.9 Å². The molecule has 0 saturated heterocycles. The molecule has 0 bridgehead atoms. The number of hydrogen-bond donors (Lipinski definition) is 1. The Hall–Kier alpha value is -3.62. The number of benzene rings is 1. The number of hydroxylamine groups is 2. The molecule has 1 aromatic carbocycles. The van der Waals surface area contributed by atoms with Gasteiger partial charge in [0.25, 0.3) is 5.91 Å². The Kier molecular flexibility index (Phi) is 5.62. The van der Waals surface area contributed by atoms with Gasteiger partial charge >= 0.3 is 0 Å². The fraction of sp³-hybridized carbons (Fsp3) is 0.240. The molecule has 1 amide bonds. The topological polar surface area (TPSA) is 80.5 Å². The molecule has 1 aliphatic rings. The van der Waals surface area contributed by atoms with Crippen LogP contribution in [-0.2, 0) is 30.9 Å². The van der Waals surface area contributed by atoms with E-state index in [4.69, 9.17) is 4.74 Å². The summed E-state index contributed by atoms with van der Waals surface area (Å²) in [6.45, 7) is 3.37. The molecule has 8 heteroatoms. The first kappa shape index (κ1) is 21.2. The number of rotatable bonds is 6. The number of pyridine rings is 2. The van der Waals surface area contributed by atoms with Crippen LogP contribution in [-0.4, -0.2) is 37.3 Å². The number of halogens is 1. The van der Waals surface area contributed by atoms with Crippen molar-refractivity contribution in [2.45, 2.75) is 33.1 Å². The minimum Gasteiger partial charge on any atom is -0.370 e. The van der Waals surface area contributed by atoms with Gasteiger partial charge in [-0.25, -0.2) is 14.4 Å². The number of ether oxygens (including phenoxy) is 1. The highest BCUT2D eigenvalue weighted by Crippen LogP contribution is 2.31. The van der Waals surface area contributed by atoms with Crippen molar-refractivity contribution in [1.29, 1.82) is 0 Å². The summed E-state index contributed by atoms with van der Waals surface area (Å²) in [5.41, 5.74) is 5.59. The zero-order chi connectivity index (χ0) is 22.9. The first-order valence-electron chi connectivity index (χ1n) is 10.7. The van der Waals surface area contributed by atoms with Crippen LogP contribution in [0.15, 0.2) is 54.9 Å². The fourth-order valence-electron chi connectivity index (χ4n) is 4.28. The van der Waals surface area contributed by atoms with Gasteiger partial charge in [0.1, 0.15) is 11.5 Å². The molecular weight excluding hydrogens is 423 g/mol. The Morgan fingerprint density at radius 2 is 1.97 bits per heavy atom. The van der Waals surface area contributed by atoms with Gasteiger partial charge in [0.15, 0.2) is 0 Å². The molecule has 0 radical (unpaired) electrons. The SMILES string of the molecule is Cc1cccc(COCc2cn(Cc3ccc(F)cc3)c3cnc4c(c23)CCN(O)C4=O)n1. The lowest BCUT2D eigenvalue weighted by Gasteiger charge is -2.23. The van der Waals surface area contributed by atoms with Crippen molar-refractivity contribution in [3.05, 3.63) is 94.4 Å². The highest BCUT2D eigenvalue weighted by Gasteiger charge is 2.28. The summed E-state index contributed by atoms with van der Waals surface area (Å²) >= 11 is 0. The average Bonchev–Trinajstić information content (AvgIpc) is 3.15. The van der Waals surface area contributed by atoms with E-state index in [2.05, 4.69) is 9.97 Å². The Labute approximate surface area is 190 Å². The van der Waals surface area contributed by atoms with E-state index in [0.717, 1.165) is 39.0 Å². The Morgan fingerprint density at radius 3 is 2.76 bits per heavy atom. The predicted molar refractivity (Wildman–Crippen MR) is 119 cm³/mol. The van der Waals surface area contributed by atoms with E-state index in [1.807, 2.05) is 35.9 Å². The number of carbonyl (C=O) groups is 1. The largest absolute Gasteiger partial charge is 0.370 e. The van der Waals surface area contributed by atoms with Gasteiger partial charge in [-0.2, -0.15) is 0 Å². The first-order valence-corrected chi connectivity index (χ1v) is 10.7. The van der Waals surface area contributed by atoms with Crippen molar-refractivity contribution in [3.63, 3.8) is 0 Å². The van der Waals surface area contributed by atoms with Gasteiger partial charge in [-0.1, -0.05) is 18.2 Å². The molecule has 0 spiro atoms. The number of fused-ring (bicyclic) bond motifs is 3. The quantitative estimate of drug-likeness (QED) is 0.453. The Balaban J connectivity index is 1.51. The average molecular weight is 446 g/mol. The summed E-state index contributed by atoms with van der Waals surface area (Å²) in [6, 6.07) is 12.2. The van der Waals surface area contributed by atoms with Crippen molar-refractivity contribution in [2.24, 2.45) is 0 Å². The molecular formula is C25H23FN4O3. The van der Waals surface area contributed by atoms with Crippen molar-refractivity contribution >= 4 is 16.8 Å². The maximum Gasteiger partial charge on any atom is 0.296 e. The lowest BCUT2D eigenvalue weighted by molar-refractivity contribution is -0.0606. The predicted octanol–water partition coefficient (Wildman–Crippen LogP) is 4.03. The molecule has 0 aliphatic carbocycles. The zero-order valence-electron chi connectivity index (χ0n) is 18.2. The highest BCUT2D eigenvalue weighted by atomic mass is 19.1. The third kappa shape index (κ3) is 4.22. The second-order valence-corrected chi connectivity index (χ2v) is 8.20. The van der Waals surface area contributed by atoms with Crippen LogP contribution in [0, 0.1) is 12.7 Å². The number of carbonyl (C=O) groups excluding carboxylic acids is 1. The summed E-state index contributed by atoms with van der Waals surface area (Å²) < 4.78 is 21.4. The van der Waals surface area contributed by atoms with Crippen molar-refractivity contribution in [3.8, 4) is 0 Å². The van der Waals surface area contributed by atoms with Gasteiger partial charge in [-0.15, -0.1) is 0 Å². The number of aryl methyl sites for hydroxylation is 1. The van der Waals surface area contributed by atoms with Crippen LogP contribution < -0.4 is 0 Å². The Morgan fingerprint density at radius 1 is 1.15 bits per heavy atom. The second-order valence-electron chi connectivity index (χ2n) is 8.20. The molecule has 7 nitrogen and oxygen atoms in total. The van der Waals surface area contributed by atoms with E-state index in [9.17, 15) is 14.4 Å². The Bertz CT molecular complexity index is 1330. The minimum atomic E-state index is -0.500. The van der Waals surface area contributed by atoms with E-state index in [1.165, 1.54) is 12.1 Å². The molecule has 5 rings (SSSR count). The van der Waals surface area contributed by atoms with Crippen molar-refractivity contribution < 1.29 is 19.1 Å². The highest BCUT2D eigenvalue weighted by molar-refractivity contribution is 6.00. The molecule has 33 heavy (non-hydrogen) atoms. The van der Waals surface area contributed by atoms with E-state index in [1.54, 1.807) is 18.3 Å². The molecule has 4 heterocycles. The number of aromatic nitrogens is 3. The summed E-state index contributed by atoms with van der Waals surface area (Å²) in [6.07, 6.45) is 4.14. The summed E-state index contributed by atoms with van der Waals surface area (Å²) in [5, 5.41) is 11.5. The molecule has 3 aromatic heterocycles. The van der Waals surface area contributed by atoms with Crippen LogP contribution >= 0.6 is 0 Å². The second kappa shape index (κ2) is 8.73. The fourth-order valence-corrected chi connectivity index (χ4v) is 4.28. The molecule has 168 valence electrons. The van der Waals surface area contributed by atoms with E-state index >= 15 is 0 Å². The van der Waals surface area contributed by atoms with E-state index in [-0.39, 0.29) is 18.1 Å². The van der Waals surface area contributed by atoms with Gasteiger partial charge in [-0.05, 0) is 48.7 Å². The number of nitrogens with zero attached hydrogens (tertiary/aromatic N) is 4. The number of hydrogen-bond acceptors (Lipinski definition) is 5.